The SMILES string of the molecule is CN1CCN(CCC2CC3=C(CC=CC3)CC2O)CC1. The van der Waals surface area contributed by atoms with Crippen LogP contribution >= 0.6 is 0 Å². The van der Waals surface area contributed by atoms with Crippen LogP contribution in [0.3, 0.4) is 0 Å². The molecule has 3 rings (SSSR count). The minimum atomic E-state index is -0.104. The van der Waals surface area contributed by atoms with Crippen LogP contribution in [0.4, 0.5) is 0 Å². The van der Waals surface area contributed by atoms with Crippen molar-refractivity contribution in [2.45, 2.75) is 38.2 Å². The molecule has 0 aromatic heterocycles. The van der Waals surface area contributed by atoms with E-state index in [1.54, 1.807) is 5.57 Å². The lowest BCUT2D eigenvalue weighted by Crippen LogP contribution is -2.45. The Labute approximate surface area is 122 Å². The molecular formula is C17H28N2O. The second kappa shape index (κ2) is 6.42. The highest BCUT2D eigenvalue weighted by molar-refractivity contribution is 5.27. The normalized spacial score (nSPS) is 32.5. The standard InChI is InChI=1S/C17H28N2O/c1-18-8-10-19(11-9-18)7-6-16-12-14-4-2-3-5-15(14)13-17(16)20/h2-3,16-17,20H,4-13H2,1H3. The molecule has 0 aromatic carbocycles. The van der Waals surface area contributed by atoms with Crippen LogP contribution in [0, 0.1) is 5.92 Å². The van der Waals surface area contributed by atoms with Gasteiger partial charge in [0.1, 0.15) is 0 Å². The predicted octanol–water partition coefficient (Wildman–Crippen LogP) is 2.04. The minimum absolute atomic E-state index is 0.104. The number of piperazine rings is 1. The summed E-state index contributed by atoms with van der Waals surface area (Å²) in [6.07, 6.45) is 9.88. The zero-order valence-electron chi connectivity index (χ0n) is 12.7. The summed E-state index contributed by atoms with van der Waals surface area (Å²) in [6, 6.07) is 0. The third-order valence-corrected chi connectivity index (χ3v) is 5.32. The molecule has 0 spiro atoms. The summed E-state index contributed by atoms with van der Waals surface area (Å²) in [4.78, 5) is 4.97. The Kier molecular flexibility index (Phi) is 4.59. The summed E-state index contributed by atoms with van der Waals surface area (Å²) >= 11 is 0. The van der Waals surface area contributed by atoms with Crippen LogP contribution in [0.5, 0.6) is 0 Å². The Morgan fingerprint density at radius 1 is 1.05 bits per heavy atom. The molecule has 20 heavy (non-hydrogen) atoms. The molecule has 3 heteroatoms. The van der Waals surface area contributed by atoms with Gasteiger partial charge in [-0.2, -0.15) is 0 Å². The summed E-state index contributed by atoms with van der Waals surface area (Å²) in [5, 5.41) is 10.4. The average molecular weight is 276 g/mol. The fourth-order valence-corrected chi connectivity index (χ4v) is 3.78. The topological polar surface area (TPSA) is 26.7 Å². The summed E-state index contributed by atoms with van der Waals surface area (Å²) in [6.45, 7) is 5.92. The van der Waals surface area contributed by atoms with E-state index in [1.807, 2.05) is 0 Å². The maximum Gasteiger partial charge on any atom is 0.0609 e. The third kappa shape index (κ3) is 3.33. The van der Waals surface area contributed by atoms with Gasteiger partial charge in [0, 0.05) is 26.2 Å². The number of hydrogen-bond acceptors (Lipinski definition) is 3. The first-order chi connectivity index (χ1) is 9.72. The van der Waals surface area contributed by atoms with Crippen molar-refractivity contribution in [3.8, 4) is 0 Å². The van der Waals surface area contributed by atoms with Crippen molar-refractivity contribution in [1.82, 2.24) is 9.80 Å². The van der Waals surface area contributed by atoms with E-state index >= 15 is 0 Å². The van der Waals surface area contributed by atoms with E-state index in [-0.39, 0.29) is 6.10 Å². The maximum absolute atomic E-state index is 10.4. The van der Waals surface area contributed by atoms with Gasteiger partial charge in [0.2, 0.25) is 0 Å². The van der Waals surface area contributed by atoms with Crippen molar-refractivity contribution in [1.29, 1.82) is 0 Å². The lowest BCUT2D eigenvalue weighted by Gasteiger charge is -2.36. The molecule has 2 atom stereocenters. The van der Waals surface area contributed by atoms with Gasteiger partial charge in [0.25, 0.3) is 0 Å². The van der Waals surface area contributed by atoms with Crippen molar-refractivity contribution in [2.24, 2.45) is 5.92 Å². The molecular weight excluding hydrogens is 248 g/mol. The van der Waals surface area contributed by atoms with Gasteiger partial charge in [-0.3, -0.25) is 0 Å². The van der Waals surface area contributed by atoms with E-state index in [9.17, 15) is 5.11 Å². The molecule has 0 aromatic rings. The Morgan fingerprint density at radius 3 is 2.40 bits per heavy atom. The first-order valence-electron chi connectivity index (χ1n) is 8.16. The third-order valence-electron chi connectivity index (χ3n) is 5.32. The number of likely N-dealkylation sites (N-methyl/N-ethyl adjacent to an activating group) is 1. The molecule has 1 fully saturated rings. The van der Waals surface area contributed by atoms with Crippen LogP contribution in [0.25, 0.3) is 0 Å². The van der Waals surface area contributed by atoms with Crippen LogP contribution < -0.4 is 0 Å². The highest BCUT2D eigenvalue weighted by Gasteiger charge is 2.29. The Balaban J connectivity index is 1.49. The highest BCUT2D eigenvalue weighted by atomic mass is 16.3. The van der Waals surface area contributed by atoms with Gasteiger partial charge in [-0.05, 0) is 51.6 Å². The Hall–Kier alpha value is -0.640. The largest absolute Gasteiger partial charge is 0.392 e. The lowest BCUT2D eigenvalue weighted by atomic mass is 9.76. The fraction of sp³-hybridized carbons (Fsp3) is 0.765. The van der Waals surface area contributed by atoms with Gasteiger partial charge in [-0.25, -0.2) is 0 Å². The van der Waals surface area contributed by atoms with Crippen molar-refractivity contribution in [3.05, 3.63) is 23.3 Å². The first-order valence-corrected chi connectivity index (χ1v) is 8.16. The molecule has 1 aliphatic heterocycles. The number of rotatable bonds is 3. The average Bonchev–Trinajstić information content (AvgIpc) is 2.47. The molecule has 3 nitrogen and oxygen atoms in total. The van der Waals surface area contributed by atoms with Gasteiger partial charge in [-0.15, -0.1) is 0 Å². The number of allylic oxidation sites excluding steroid dienone is 3. The first kappa shape index (κ1) is 14.3. The zero-order chi connectivity index (χ0) is 13.9. The molecule has 1 N–H and O–H groups in total. The van der Waals surface area contributed by atoms with Crippen molar-refractivity contribution >= 4 is 0 Å². The molecule has 3 aliphatic rings. The van der Waals surface area contributed by atoms with Crippen LogP contribution in [0.15, 0.2) is 23.3 Å². The fourth-order valence-electron chi connectivity index (χ4n) is 3.78. The van der Waals surface area contributed by atoms with Gasteiger partial charge < -0.3 is 14.9 Å². The molecule has 0 saturated carbocycles. The summed E-state index contributed by atoms with van der Waals surface area (Å²) in [5.41, 5.74) is 3.15. The van der Waals surface area contributed by atoms with Crippen LogP contribution in [-0.4, -0.2) is 60.8 Å². The Morgan fingerprint density at radius 2 is 1.70 bits per heavy atom. The number of aliphatic hydroxyl groups excluding tert-OH is 1. The van der Waals surface area contributed by atoms with Gasteiger partial charge in [-0.1, -0.05) is 23.3 Å². The molecule has 0 radical (unpaired) electrons. The number of aliphatic hydroxyl groups is 1. The quantitative estimate of drug-likeness (QED) is 0.799. The molecule has 2 unspecified atom stereocenters. The summed E-state index contributed by atoms with van der Waals surface area (Å²) in [5.74, 6) is 0.486. The van der Waals surface area contributed by atoms with Crippen LogP contribution in [0.2, 0.25) is 0 Å². The maximum atomic E-state index is 10.4. The van der Waals surface area contributed by atoms with Crippen molar-refractivity contribution in [3.63, 3.8) is 0 Å². The second-order valence-electron chi connectivity index (χ2n) is 6.76. The van der Waals surface area contributed by atoms with E-state index in [1.165, 1.54) is 31.8 Å². The zero-order valence-corrected chi connectivity index (χ0v) is 12.7. The smallest absolute Gasteiger partial charge is 0.0609 e. The number of hydrogen-bond donors (Lipinski definition) is 1. The van der Waals surface area contributed by atoms with E-state index in [0.29, 0.717) is 5.92 Å². The number of nitrogens with zero attached hydrogens (tertiary/aromatic N) is 2. The van der Waals surface area contributed by atoms with E-state index in [2.05, 4.69) is 29.0 Å². The minimum Gasteiger partial charge on any atom is -0.392 e. The summed E-state index contributed by atoms with van der Waals surface area (Å²) < 4.78 is 0. The second-order valence-corrected chi connectivity index (χ2v) is 6.76. The molecule has 2 aliphatic carbocycles. The van der Waals surface area contributed by atoms with Gasteiger partial charge in [0.15, 0.2) is 0 Å². The molecule has 1 saturated heterocycles. The van der Waals surface area contributed by atoms with E-state index in [0.717, 1.165) is 38.6 Å². The van der Waals surface area contributed by atoms with E-state index < -0.39 is 0 Å². The van der Waals surface area contributed by atoms with Gasteiger partial charge >= 0.3 is 0 Å². The highest BCUT2D eigenvalue weighted by Crippen LogP contribution is 2.37. The predicted molar refractivity (Wildman–Crippen MR) is 82.7 cm³/mol. The van der Waals surface area contributed by atoms with Gasteiger partial charge in [0.05, 0.1) is 6.10 Å². The summed E-state index contributed by atoms with van der Waals surface area (Å²) in [7, 11) is 2.20. The van der Waals surface area contributed by atoms with Crippen LogP contribution in [-0.2, 0) is 0 Å². The molecule has 1 heterocycles. The van der Waals surface area contributed by atoms with E-state index in [4.69, 9.17) is 0 Å². The monoisotopic (exact) mass is 276 g/mol. The molecule has 0 bridgehead atoms. The Bertz CT molecular complexity index is 394. The lowest BCUT2D eigenvalue weighted by molar-refractivity contribution is 0.0776. The molecule has 112 valence electrons. The van der Waals surface area contributed by atoms with Crippen LogP contribution in [0.1, 0.15) is 32.1 Å². The van der Waals surface area contributed by atoms with Crippen molar-refractivity contribution in [2.75, 3.05) is 39.8 Å². The van der Waals surface area contributed by atoms with Crippen molar-refractivity contribution < 1.29 is 5.11 Å². The molecule has 0 amide bonds.